The largest absolute Gasteiger partial charge is 0.365 e. The summed E-state index contributed by atoms with van der Waals surface area (Å²) in [4.78, 5) is 26.3. The molecule has 2 amide bonds. The molecule has 2 N–H and O–H groups in total. The highest BCUT2D eigenvalue weighted by Crippen LogP contribution is 2.42. The van der Waals surface area contributed by atoms with Crippen molar-refractivity contribution in [3.63, 3.8) is 0 Å². The Kier molecular flexibility index (Phi) is 5.68. The van der Waals surface area contributed by atoms with Crippen LogP contribution in [0.4, 0.5) is 5.69 Å². The van der Waals surface area contributed by atoms with Crippen LogP contribution in [0.3, 0.4) is 0 Å². The highest BCUT2D eigenvalue weighted by Gasteiger charge is 2.40. The van der Waals surface area contributed by atoms with Gasteiger partial charge in [0.1, 0.15) is 16.7 Å². The molecule has 7 heteroatoms. The molecule has 0 spiro atoms. The molecule has 2 aromatic rings. The normalized spacial score (nSPS) is 18.3. The van der Waals surface area contributed by atoms with E-state index in [4.69, 9.17) is 5.73 Å². The Morgan fingerprint density at radius 2 is 1.85 bits per heavy atom. The number of rotatable bonds is 4. The fourth-order valence-electron chi connectivity index (χ4n) is 2.76. The number of benzene rings is 2. The van der Waals surface area contributed by atoms with Crippen LogP contribution in [0, 0.1) is 18.3 Å². The molecule has 0 radical (unpaired) electrons. The van der Waals surface area contributed by atoms with E-state index in [-0.39, 0.29) is 16.5 Å². The number of nitriles is 1. The van der Waals surface area contributed by atoms with Crippen molar-refractivity contribution in [2.24, 2.45) is 5.73 Å². The molecule has 0 bridgehead atoms. The molecule has 2 aromatic carbocycles. The zero-order chi connectivity index (χ0) is 19.6. The predicted octanol–water partition coefficient (Wildman–Crippen LogP) is 3.67. The van der Waals surface area contributed by atoms with E-state index in [0.717, 1.165) is 15.6 Å². The number of anilines is 1. The summed E-state index contributed by atoms with van der Waals surface area (Å²) in [7, 11) is 0. The summed E-state index contributed by atoms with van der Waals surface area (Å²) in [6.07, 6.45) is 0.498. The van der Waals surface area contributed by atoms with E-state index in [1.165, 1.54) is 16.7 Å². The van der Waals surface area contributed by atoms with Gasteiger partial charge in [-0.2, -0.15) is 5.26 Å². The van der Waals surface area contributed by atoms with Gasteiger partial charge in [0, 0.05) is 10.2 Å². The fraction of sp³-hybridized carbons (Fsp3) is 0.150. The highest BCUT2D eigenvalue weighted by atomic mass is 79.9. The van der Waals surface area contributed by atoms with Crippen LogP contribution in [0.2, 0.25) is 0 Å². The molecule has 0 aliphatic carbocycles. The van der Waals surface area contributed by atoms with E-state index < -0.39 is 11.2 Å². The van der Waals surface area contributed by atoms with Gasteiger partial charge in [-0.25, -0.2) is 0 Å². The van der Waals surface area contributed by atoms with Crippen molar-refractivity contribution in [3.8, 4) is 6.07 Å². The summed E-state index contributed by atoms with van der Waals surface area (Å²) in [5.41, 5.74) is 7.91. The summed E-state index contributed by atoms with van der Waals surface area (Å²) in [6.45, 7) is 2.00. The molecule has 1 aliphatic rings. The number of primary amides is 1. The molecule has 1 aliphatic heterocycles. The Balaban J connectivity index is 2.01. The summed E-state index contributed by atoms with van der Waals surface area (Å²) in [5, 5.41) is 9.24. The number of nitrogens with two attached hydrogens (primary N) is 1. The van der Waals surface area contributed by atoms with Crippen LogP contribution in [0.5, 0.6) is 0 Å². The molecule has 1 heterocycles. The molecule has 1 saturated heterocycles. The second-order valence-electron chi connectivity index (χ2n) is 6.10. The lowest BCUT2D eigenvalue weighted by molar-refractivity contribution is -0.117. The Bertz CT molecular complexity index is 962. The summed E-state index contributed by atoms with van der Waals surface area (Å²) in [6, 6.07) is 16.9. The maximum absolute atomic E-state index is 13.1. The second kappa shape index (κ2) is 7.99. The third kappa shape index (κ3) is 4.07. The SMILES string of the molecule is Cc1ccc(C[C@@H]2S/C(=C(/C#N)C(N)=O)N(c3ccc(Br)cc3)C2=O)cc1. The van der Waals surface area contributed by atoms with Gasteiger partial charge in [-0.1, -0.05) is 57.5 Å². The number of amides is 2. The topological polar surface area (TPSA) is 87.2 Å². The van der Waals surface area contributed by atoms with Crippen LogP contribution in [0.25, 0.3) is 0 Å². The summed E-state index contributed by atoms with van der Waals surface area (Å²) < 4.78 is 0.864. The summed E-state index contributed by atoms with van der Waals surface area (Å²) in [5.74, 6) is -1.02. The number of hydrogen-bond donors (Lipinski definition) is 1. The Morgan fingerprint density at radius 1 is 1.22 bits per heavy atom. The number of hydrogen-bond acceptors (Lipinski definition) is 4. The second-order valence-corrected chi connectivity index (χ2v) is 8.21. The average molecular weight is 442 g/mol. The van der Waals surface area contributed by atoms with Crippen molar-refractivity contribution in [2.75, 3.05) is 4.90 Å². The molecule has 1 fully saturated rings. The first-order chi connectivity index (χ1) is 12.9. The monoisotopic (exact) mass is 441 g/mol. The van der Waals surface area contributed by atoms with Crippen LogP contribution in [-0.4, -0.2) is 17.1 Å². The minimum atomic E-state index is -0.842. The van der Waals surface area contributed by atoms with Gasteiger partial charge in [-0.05, 0) is 43.2 Å². The van der Waals surface area contributed by atoms with Crippen LogP contribution >= 0.6 is 27.7 Å². The van der Waals surface area contributed by atoms with E-state index in [0.29, 0.717) is 12.1 Å². The van der Waals surface area contributed by atoms with E-state index >= 15 is 0 Å². The molecule has 0 saturated carbocycles. The van der Waals surface area contributed by atoms with Gasteiger partial charge in [0.2, 0.25) is 5.91 Å². The predicted molar refractivity (Wildman–Crippen MR) is 110 cm³/mol. The molecule has 0 aromatic heterocycles. The smallest absolute Gasteiger partial charge is 0.262 e. The van der Waals surface area contributed by atoms with Gasteiger partial charge < -0.3 is 5.73 Å². The Morgan fingerprint density at radius 3 is 2.41 bits per heavy atom. The molecule has 3 rings (SSSR count). The Hall–Kier alpha value is -2.56. The van der Waals surface area contributed by atoms with Gasteiger partial charge >= 0.3 is 0 Å². The fourth-order valence-corrected chi connectivity index (χ4v) is 4.34. The minimum absolute atomic E-state index is 0.174. The van der Waals surface area contributed by atoms with E-state index in [9.17, 15) is 14.9 Å². The van der Waals surface area contributed by atoms with Crippen molar-refractivity contribution in [1.29, 1.82) is 5.26 Å². The first kappa shape index (κ1) is 19.2. The number of carbonyl (C=O) groups is 2. The molecular weight excluding hydrogens is 426 g/mol. The van der Waals surface area contributed by atoms with Crippen LogP contribution < -0.4 is 10.6 Å². The minimum Gasteiger partial charge on any atom is -0.365 e. The molecule has 27 heavy (non-hydrogen) atoms. The maximum atomic E-state index is 13.1. The van der Waals surface area contributed by atoms with Gasteiger partial charge in [-0.15, -0.1) is 0 Å². The molecule has 5 nitrogen and oxygen atoms in total. The summed E-state index contributed by atoms with van der Waals surface area (Å²) >= 11 is 4.57. The van der Waals surface area contributed by atoms with Crippen LogP contribution in [0.1, 0.15) is 11.1 Å². The van der Waals surface area contributed by atoms with Crippen molar-refractivity contribution in [3.05, 3.63) is 74.7 Å². The van der Waals surface area contributed by atoms with Gasteiger partial charge in [0.15, 0.2) is 0 Å². The standard InChI is InChI=1S/C20H16BrN3O2S/c1-12-2-4-13(5-3-12)10-17-19(26)24(15-8-6-14(21)7-9-15)20(27-17)16(11-22)18(23)25/h2-9,17H,10H2,1H3,(H2,23,25)/b20-16-/t17-/m0/s1. The number of nitrogens with zero attached hydrogens (tertiary/aromatic N) is 2. The third-order valence-electron chi connectivity index (χ3n) is 4.15. The van der Waals surface area contributed by atoms with E-state index in [1.54, 1.807) is 24.3 Å². The quantitative estimate of drug-likeness (QED) is 0.578. The van der Waals surface area contributed by atoms with E-state index in [2.05, 4.69) is 15.9 Å². The van der Waals surface area contributed by atoms with Crippen LogP contribution in [0.15, 0.2) is 63.6 Å². The van der Waals surface area contributed by atoms with Gasteiger partial charge in [-0.3, -0.25) is 14.5 Å². The average Bonchev–Trinajstić information content (AvgIpc) is 2.94. The van der Waals surface area contributed by atoms with E-state index in [1.807, 2.05) is 37.3 Å². The number of carbonyl (C=O) groups excluding carboxylic acids is 2. The molecule has 136 valence electrons. The first-order valence-electron chi connectivity index (χ1n) is 8.16. The van der Waals surface area contributed by atoms with Crippen LogP contribution in [-0.2, 0) is 16.0 Å². The lowest BCUT2D eigenvalue weighted by atomic mass is 10.1. The number of thioether (sulfide) groups is 1. The number of halogens is 1. The molecular formula is C20H16BrN3O2S. The Labute approximate surface area is 170 Å². The third-order valence-corrected chi connectivity index (χ3v) is 5.94. The van der Waals surface area contributed by atoms with Gasteiger partial charge in [0.25, 0.3) is 5.91 Å². The number of aryl methyl sites for hydroxylation is 1. The maximum Gasteiger partial charge on any atom is 0.262 e. The van der Waals surface area contributed by atoms with Gasteiger partial charge in [0.05, 0.1) is 5.25 Å². The lowest BCUT2D eigenvalue weighted by Crippen LogP contribution is -2.31. The van der Waals surface area contributed by atoms with Crippen molar-refractivity contribution in [2.45, 2.75) is 18.6 Å². The van der Waals surface area contributed by atoms with Crippen molar-refractivity contribution >= 4 is 45.2 Å². The van der Waals surface area contributed by atoms with Crippen molar-refractivity contribution < 1.29 is 9.59 Å². The molecule has 0 unspecified atom stereocenters. The highest BCUT2D eigenvalue weighted by molar-refractivity contribution is 9.10. The first-order valence-corrected chi connectivity index (χ1v) is 9.84. The molecule has 1 atom stereocenters. The lowest BCUT2D eigenvalue weighted by Gasteiger charge is -2.18. The zero-order valence-corrected chi connectivity index (χ0v) is 16.9. The van der Waals surface area contributed by atoms with Crippen molar-refractivity contribution in [1.82, 2.24) is 0 Å². The zero-order valence-electron chi connectivity index (χ0n) is 14.5.